The topological polar surface area (TPSA) is 17.1 Å². The number of terminal acetylenes is 1. The first-order valence-corrected chi connectivity index (χ1v) is 7.47. The number of carbonyl (C=O) groups excluding carboxylic acids is 1. The van der Waals surface area contributed by atoms with E-state index in [0.29, 0.717) is 16.3 Å². The lowest BCUT2D eigenvalue weighted by Gasteiger charge is -2.26. The smallest absolute Gasteiger partial charge is 0.166 e. The van der Waals surface area contributed by atoms with E-state index < -0.39 is 0 Å². The summed E-state index contributed by atoms with van der Waals surface area (Å²) in [6, 6.07) is 7.50. The Morgan fingerprint density at radius 3 is 2.67 bits per heavy atom. The molecule has 0 spiro atoms. The van der Waals surface area contributed by atoms with Crippen LogP contribution in [0, 0.1) is 18.3 Å². The third-order valence-electron chi connectivity index (χ3n) is 3.97. The first-order chi connectivity index (χ1) is 8.76. The van der Waals surface area contributed by atoms with Crippen LogP contribution in [0.1, 0.15) is 41.6 Å². The fraction of sp³-hybridized carbons (Fsp3) is 0.438. The van der Waals surface area contributed by atoms with Gasteiger partial charge in [0, 0.05) is 27.5 Å². The number of Topliss-reactive ketones (excluding diaryl/α,β-unsaturated/α-hetero) is 1. The fourth-order valence-electron chi connectivity index (χ4n) is 3.07. The van der Waals surface area contributed by atoms with Crippen LogP contribution in [0.4, 0.5) is 0 Å². The molecule has 0 radical (unpaired) electrons. The molecule has 2 heteroatoms. The van der Waals surface area contributed by atoms with E-state index in [4.69, 9.17) is 6.42 Å². The predicted molar refractivity (Wildman–Crippen MR) is 75.8 cm³/mol. The normalized spacial score (nSPS) is 29.8. The molecule has 0 N–H and O–H groups in total. The average molecular weight is 256 g/mol. The molecule has 0 amide bonds. The maximum Gasteiger partial charge on any atom is 0.166 e. The van der Waals surface area contributed by atoms with Crippen LogP contribution in [0.5, 0.6) is 0 Å². The molecule has 2 fully saturated rings. The van der Waals surface area contributed by atoms with E-state index >= 15 is 0 Å². The van der Waals surface area contributed by atoms with Gasteiger partial charge in [-0.05, 0) is 37.8 Å². The van der Waals surface area contributed by atoms with E-state index in [1.54, 1.807) is 0 Å². The monoisotopic (exact) mass is 256 g/mol. The molecule has 1 aromatic carbocycles. The number of benzene rings is 1. The van der Waals surface area contributed by atoms with Crippen LogP contribution in [0.3, 0.4) is 0 Å². The predicted octanol–water partition coefficient (Wildman–Crippen LogP) is 3.52. The van der Waals surface area contributed by atoms with Gasteiger partial charge < -0.3 is 0 Å². The van der Waals surface area contributed by atoms with Gasteiger partial charge in [-0.2, -0.15) is 11.8 Å². The Kier molecular flexibility index (Phi) is 3.18. The van der Waals surface area contributed by atoms with Gasteiger partial charge in [-0.1, -0.05) is 18.1 Å². The summed E-state index contributed by atoms with van der Waals surface area (Å²) in [5.41, 5.74) is 1.59. The van der Waals surface area contributed by atoms with Gasteiger partial charge in [0.1, 0.15) is 0 Å². The molecule has 0 aliphatic carbocycles. The lowest BCUT2D eigenvalue weighted by atomic mass is 9.90. The van der Waals surface area contributed by atoms with Crippen molar-refractivity contribution >= 4 is 17.5 Å². The molecule has 2 bridgehead atoms. The SMILES string of the molecule is C#Cc1cccc(C(=O)C2CC3CCC(C2)S3)c1. The van der Waals surface area contributed by atoms with Crippen LogP contribution in [-0.2, 0) is 0 Å². The van der Waals surface area contributed by atoms with E-state index in [2.05, 4.69) is 17.7 Å². The second-order valence-electron chi connectivity index (χ2n) is 5.22. The van der Waals surface area contributed by atoms with Crippen molar-refractivity contribution < 1.29 is 4.79 Å². The summed E-state index contributed by atoms with van der Waals surface area (Å²) in [4.78, 5) is 12.5. The Hall–Kier alpha value is -1.20. The van der Waals surface area contributed by atoms with E-state index in [-0.39, 0.29) is 5.92 Å². The number of hydrogen-bond acceptors (Lipinski definition) is 2. The maximum atomic E-state index is 12.5. The Morgan fingerprint density at radius 2 is 2.00 bits per heavy atom. The summed E-state index contributed by atoms with van der Waals surface area (Å²) in [6.45, 7) is 0. The Labute approximate surface area is 112 Å². The molecular weight excluding hydrogens is 240 g/mol. The zero-order chi connectivity index (χ0) is 12.5. The Balaban J connectivity index is 1.80. The number of carbonyl (C=O) groups is 1. The number of fused-ring (bicyclic) bond motifs is 2. The summed E-state index contributed by atoms with van der Waals surface area (Å²) in [7, 11) is 0. The highest BCUT2D eigenvalue weighted by Crippen LogP contribution is 2.46. The van der Waals surface area contributed by atoms with Crippen LogP contribution in [-0.4, -0.2) is 16.3 Å². The van der Waals surface area contributed by atoms with Crippen molar-refractivity contribution in [3.8, 4) is 12.3 Å². The van der Waals surface area contributed by atoms with Crippen molar-refractivity contribution in [1.29, 1.82) is 0 Å². The average Bonchev–Trinajstić information content (AvgIpc) is 2.76. The minimum atomic E-state index is 0.219. The summed E-state index contributed by atoms with van der Waals surface area (Å²) >= 11 is 2.09. The Morgan fingerprint density at radius 1 is 1.28 bits per heavy atom. The van der Waals surface area contributed by atoms with Crippen molar-refractivity contribution in [2.24, 2.45) is 5.92 Å². The van der Waals surface area contributed by atoms with Crippen LogP contribution >= 0.6 is 11.8 Å². The minimum Gasteiger partial charge on any atom is -0.294 e. The molecule has 2 heterocycles. The van der Waals surface area contributed by atoms with E-state index in [1.807, 2.05) is 24.3 Å². The minimum absolute atomic E-state index is 0.219. The summed E-state index contributed by atoms with van der Waals surface area (Å²) < 4.78 is 0. The third-order valence-corrected chi connectivity index (χ3v) is 5.60. The lowest BCUT2D eigenvalue weighted by Crippen LogP contribution is -2.24. The van der Waals surface area contributed by atoms with Gasteiger partial charge in [-0.15, -0.1) is 6.42 Å². The summed E-state index contributed by atoms with van der Waals surface area (Å²) in [6.07, 6.45) is 10.1. The number of rotatable bonds is 2. The zero-order valence-corrected chi connectivity index (χ0v) is 11.1. The Bertz CT molecular complexity index is 502. The molecule has 18 heavy (non-hydrogen) atoms. The van der Waals surface area contributed by atoms with Gasteiger partial charge >= 0.3 is 0 Å². The van der Waals surface area contributed by atoms with Crippen LogP contribution in [0.2, 0.25) is 0 Å². The van der Waals surface area contributed by atoms with Crippen molar-refractivity contribution in [2.45, 2.75) is 36.2 Å². The second-order valence-corrected chi connectivity index (χ2v) is 6.82. The van der Waals surface area contributed by atoms with Crippen LogP contribution in [0.15, 0.2) is 24.3 Å². The molecule has 0 aromatic heterocycles. The van der Waals surface area contributed by atoms with Crippen molar-refractivity contribution in [2.75, 3.05) is 0 Å². The number of ketones is 1. The first kappa shape index (κ1) is 11.9. The summed E-state index contributed by atoms with van der Waals surface area (Å²) in [5.74, 6) is 3.11. The largest absolute Gasteiger partial charge is 0.294 e. The number of thioether (sulfide) groups is 1. The van der Waals surface area contributed by atoms with Crippen molar-refractivity contribution in [3.63, 3.8) is 0 Å². The van der Waals surface area contributed by atoms with Crippen LogP contribution in [0.25, 0.3) is 0 Å². The molecule has 2 unspecified atom stereocenters. The first-order valence-electron chi connectivity index (χ1n) is 6.52. The molecule has 1 nitrogen and oxygen atoms in total. The molecule has 0 saturated carbocycles. The van der Waals surface area contributed by atoms with Gasteiger partial charge in [0.15, 0.2) is 5.78 Å². The molecule has 1 aromatic rings. The molecule has 2 atom stereocenters. The van der Waals surface area contributed by atoms with Crippen molar-refractivity contribution in [1.82, 2.24) is 0 Å². The molecule has 2 aliphatic rings. The van der Waals surface area contributed by atoms with Crippen LogP contribution < -0.4 is 0 Å². The second kappa shape index (κ2) is 4.82. The summed E-state index contributed by atoms with van der Waals surface area (Å²) in [5, 5.41) is 1.43. The van der Waals surface area contributed by atoms with Gasteiger partial charge in [-0.25, -0.2) is 0 Å². The standard InChI is InChI=1S/C16H16OS/c1-2-11-4-3-5-12(8-11)16(17)13-9-14-6-7-15(10-13)18-14/h1,3-5,8,13-15H,6-7,9-10H2. The van der Waals surface area contributed by atoms with E-state index in [9.17, 15) is 4.79 Å². The fourth-order valence-corrected chi connectivity index (χ4v) is 4.85. The lowest BCUT2D eigenvalue weighted by molar-refractivity contribution is 0.0907. The van der Waals surface area contributed by atoms with E-state index in [0.717, 1.165) is 24.0 Å². The molecular formula is C16H16OS. The zero-order valence-electron chi connectivity index (χ0n) is 10.3. The maximum absolute atomic E-state index is 12.5. The molecule has 2 aliphatic heterocycles. The third kappa shape index (κ3) is 2.20. The van der Waals surface area contributed by atoms with Crippen molar-refractivity contribution in [3.05, 3.63) is 35.4 Å². The van der Waals surface area contributed by atoms with Gasteiger partial charge in [0.05, 0.1) is 0 Å². The van der Waals surface area contributed by atoms with Gasteiger partial charge in [0.25, 0.3) is 0 Å². The van der Waals surface area contributed by atoms with Gasteiger partial charge in [0.2, 0.25) is 0 Å². The highest BCUT2D eigenvalue weighted by Gasteiger charge is 2.37. The molecule has 2 saturated heterocycles. The molecule has 3 rings (SSSR count). The highest BCUT2D eigenvalue weighted by molar-refractivity contribution is 8.00. The number of hydrogen-bond donors (Lipinski definition) is 0. The van der Waals surface area contributed by atoms with E-state index in [1.165, 1.54) is 12.8 Å². The quantitative estimate of drug-likeness (QED) is 0.595. The van der Waals surface area contributed by atoms with Gasteiger partial charge in [-0.3, -0.25) is 4.79 Å². The molecule has 92 valence electrons. The highest BCUT2D eigenvalue weighted by atomic mass is 32.2.